The zero-order valence-corrected chi connectivity index (χ0v) is 12.1. The van der Waals surface area contributed by atoms with E-state index in [2.05, 4.69) is 21.2 Å². The maximum Gasteiger partial charge on any atom is 0.253 e. The zero-order valence-electron chi connectivity index (χ0n) is 9.80. The molecule has 5 heteroatoms. The molecule has 1 amide bonds. The Kier molecular flexibility index (Phi) is 5.95. The molecule has 1 aromatic rings. The summed E-state index contributed by atoms with van der Waals surface area (Å²) >= 11 is 9.34. The summed E-state index contributed by atoms with van der Waals surface area (Å²) in [5, 5.41) is 3.95. The summed E-state index contributed by atoms with van der Waals surface area (Å²) in [6.07, 6.45) is 0. The van der Waals surface area contributed by atoms with Crippen LogP contribution in [-0.2, 0) is 4.74 Å². The highest BCUT2D eigenvalue weighted by Crippen LogP contribution is 2.17. The monoisotopic (exact) mass is 319 g/mol. The number of alkyl halides is 1. The van der Waals surface area contributed by atoms with Crippen LogP contribution in [0.1, 0.15) is 15.9 Å². The van der Waals surface area contributed by atoms with Gasteiger partial charge in [0.25, 0.3) is 5.91 Å². The van der Waals surface area contributed by atoms with Gasteiger partial charge in [-0.3, -0.25) is 4.79 Å². The molecule has 0 aromatic heterocycles. The molecule has 0 saturated carbocycles. The fraction of sp³-hybridized carbons (Fsp3) is 0.417. The van der Waals surface area contributed by atoms with Crippen molar-refractivity contribution in [3.8, 4) is 0 Å². The summed E-state index contributed by atoms with van der Waals surface area (Å²) in [5.74, 6) is -0.184. The molecule has 1 unspecified atom stereocenters. The molecule has 1 atom stereocenters. The van der Waals surface area contributed by atoms with Crippen molar-refractivity contribution in [3.05, 3.63) is 34.3 Å². The van der Waals surface area contributed by atoms with Gasteiger partial charge in [-0.1, -0.05) is 33.6 Å². The molecule has 0 radical (unpaired) electrons. The van der Waals surface area contributed by atoms with Crippen LogP contribution >= 0.6 is 27.5 Å². The number of methoxy groups -OCH3 is 1. The smallest absolute Gasteiger partial charge is 0.253 e. The number of amides is 1. The highest BCUT2D eigenvalue weighted by molar-refractivity contribution is 9.09. The van der Waals surface area contributed by atoms with E-state index < -0.39 is 0 Å². The second kappa shape index (κ2) is 6.99. The average molecular weight is 321 g/mol. The Balaban J connectivity index is 2.75. The van der Waals surface area contributed by atoms with Gasteiger partial charge in [-0.05, 0) is 24.6 Å². The van der Waals surface area contributed by atoms with Crippen LogP contribution in [-0.4, -0.2) is 31.0 Å². The van der Waals surface area contributed by atoms with Crippen molar-refractivity contribution in [2.45, 2.75) is 13.0 Å². The van der Waals surface area contributed by atoms with E-state index in [1.54, 1.807) is 19.2 Å². The van der Waals surface area contributed by atoms with Gasteiger partial charge in [-0.15, -0.1) is 0 Å². The topological polar surface area (TPSA) is 38.3 Å². The molecule has 0 bridgehead atoms. The van der Waals surface area contributed by atoms with E-state index in [9.17, 15) is 4.79 Å². The predicted octanol–water partition coefficient (Wildman–Crippen LogP) is 2.79. The molecule has 0 aliphatic heterocycles. The second-order valence-electron chi connectivity index (χ2n) is 3.76. The molecule has 0 aliphatic carbocycles. The number of benzene rings is 1. The van der Waals surface area contributed by atoms with Crippen LogP contribution in [0.4, 0.5) is 0 Å². The Bertz CT molecular complexity index is 398. The van der Waals surface area contributed by atoms with Crippen LogP contribution in [0.5, 0.6) is 0 Å². The molecule has 0 spiro atoms. The summed E-state index contributed by atoms with van der Waals surface area (Å²) in [7, 11) is 1.60. The highest BCUT2D eigenvalue weighted by Gasteiger charge is 2.14. The second-order valence-corrected chi connectivity index (χ2v) is 4.82. The van der Waals surface area contributed by atoms with Crippen LogP contribution < -0.4 is 5.32 Å². The molecule has 0 fully saturated rings. The molecule has 0 saturated heterocycles. The zero-order chi connectivity index (χ0) is 12.8. The quantitative estimate of drug-likeness (QED) is 0.847. The molecule has 17 heavy (non-hydrogen) atoms. The van der Waals surface area contributed by atoms with Crippen LogP contribution in [0.15, 0.2) is 18.2 Å². The van der Waals surface area contributed by atoms with E-state index in [1.807, 2.05) is 13.0 Å². The lowest BCUT2D eigenvalue weighted by Gasteiger charge is -2.15. The number of carbonyl (C=O) groups excluding carboxylic acids is 1. The van der Waals surface area contributed by atoms with E-state index in [0.717, 1.165) is 5.56 Å². The van der Waals surface area contributed by atoms with Gasteiger partial charge in [0.15, 0.2) is 0 Å². The Morgan fingerprint density at radius 1 is 1.59 bits per heavy atom. The number of nitrogens with one attached hydrogen (secondary N) is 1. The molecular formula is C12H15BrClNO2. The van der Waals surface area contributed by atoms with E-state index in [4.69, 9.17) is 16.3 Å². The minimum atomic E-state index is -0.184. The third kappa shape index (κ3) is 4.30. The van der Waals surface area contributed by atoms with Gasteiger partial charge in [0.05, 0.1) is 23.2 Å². The summed E-state index contributed by atoms with van der Waals surface area (Å²) in [5.41, 5.74) is 1.51. The number of rotatable bonds is 5. The molecule has 0 heterocycles. The van der Waals surface area contributed by atoms with Crippen LogP contribution in [0.2, 0.25) is 5.02 Å². The Morgan fingerprint density at radius 3 is 2.82 bits per heavy atom. The first-order chi connectivity index (χ1) is 8.08. The van der Waals surface area contributed by atoms with Crippen molar-refractivity contribution in [2.24, 2.45) is 0 Å². The molecule has 3 nitrogen and oxygen atoms in total. The third-order valence-corrected chi connectivity index (χ3v) is 3.35. The number of halogens is 2. The van der Waals surface area contributed by atoms with Crippen LogP contribution in [0, 0.1) is 6.92 Å². The van der Waals surface area contributed by atoms with Crippen molar-refractivity contribution in [1.82, 2.24) is 5.32 Å². The van der Waals surface area contributed by atoms with Crippen molar-refractivity contribution < 1.29 is 9.53 Å². The molecular weight excluding hydrogens is 305 g/mol. The van der Waals surface area contributed by atoms with Gasteiger partial charge in [0.2, 0.25) is 0 Å². The first-order valence-corrected chi connectivity index (χ1v) is 6.70. The van der Waals surface area contributed by atoms with Gasteiger partial charge in [-0.2, -0.15) is 0 Å². The fourth-order valence-corrected chi connectivity index (χ4v) is 2.06. The predicted molar refractivity (Wildman–Crippen MR) is 73.1 cm³/mol. The number of hydrogen-bond donors (Lipinski definition) is 1. The van der Waals surface area contributed by atoms with Gasteiger partial charge in [0, 0.05) is 12.4 Å². The number of aryl methyl sites for hydroxylation is 1. The number of carbonyl (C=O) groups is 1. The molecule has 94 valence electrons. The third-order valence-electron chi connectivity index (χ3n) is 2.26. The van der Waals surface area contributed by atoms with Gasteiger partial charge < -0.3 is 10.1 Å². The SMILES string of the molecule is COCC(CBr)NC(=O)c1ccc(C)cc1Cl. The summed E-state index contributed by atoms with van der Waals surface area (Å²) in [6, 6.07) is 5.30. The molecule has 1 N–H and O–H groups in total. The first kappa shape index (κ1) is 14.5. The normalized spacial score (nSPS) is 12.2. The first-order valence-electron chi connectivity index (χ1n) is 5.20. The van der Waals surface area contributed by atoms with E-state index in [1.165, 1.54) is 0 Å². The summed E-state index contributed by atoms with van der Waals surface area (Å²) < 4.78 is 5.00. The largest absolute Gasteiger partial charge is 0.383 e. The highest BCUT2D eigenvalue weighted by atomic mass is 79.9. The van der Waals surface area contributed by atoms with Gasteiger partial charge >= 0.3 is 0 Å². The fourth-order valence-electron chi connectivity index (χ4n) is 1.39. The Labute approximate surface area is 115 Å². The Morgan fingerprint density at radius 2 is 2.29 bits per heavy atom. The van der Waals surface area contributed by atoms with Crippen molar-refractivity contribution >= 4 is 33.4 Å². The molecule has 0 aliphatic rings. The van der Waals surface area contributed by atoms with Gasteiger partial charge in [-0.25, -0.2) is 0 Å². The van der Waals surface area contributed by atoms with E-state index in [-0.39, 0.29) is 11.9 Å². The van der Waals surface area contributed by atoms with Crippen molar-refractivity contribution in [3.63, 3.8) is 0 Å². The van der Waals surface area contributed by atoms with E-state index >= 15 is 0 Å². The maximum absolute atomic E-state index is 11.9. The molecule has 1 aromatic carbocycles. The van der Waals surface area contributed by atoms with Gasteiger partial charge in [0.1, 0.15) is 0 Å². The lowest BCUT2D eigenvalue weighted by molar-refractivity contribution is 0.0908. The minimum absolute atomic E-state index is 0.0649. The summed E-state index contributed by atoms with van der Waals surface area (Å²) in [4.78, 5) is 11.9. The van der Waals surface area contributed by atoms with Crippen molar-refractivity contribution in [2.75, 3.05) is 19.0 Å². The minimum Gasteiger partial charge on any atom is -0.383 e. The lowest BCUT2D eigenvalue weighted by atomic mass is 10.1. The van der Waals surface area contributed by atoms with E-state index in [0.29, 0.717) is 22.5 Å². The van der Waals surface area contributed by atoms with Crippen molar-refractivity contribution in [1.29, 1.82) is 0 Å². The number of ether oxygens (including phenoxy) is 1. The standard InChI is InChI=1S/C12H15BrClNO2/c1-8-3-4-10(11(14)5-8)12(16)15-9(6-13)7-17-2/h3-5,9H,6-7H2,1-2H3,(H,15,16). The van der Waals surface area contributed by atoms with Crippen LogP contribution in [0.3, 0.4) is 0 Å². The lowest BCUT2D eigenvalue weighted by Crippen LogP contribution is -2.39. The summed E-state index contributed by atoms with van der Waals surface area (Å²) in [6.45, 7) is 2.39. The molecule has 1 rings (SSSR count). The maximum atomic E-state index is 11.9. The average Bonchev–Trinajstić information content (AvgIpc) is 2.28. The Hall–Kier alpha value is -0.580. The number of hydrogen-bond acceptors (Lipinski definition) is 2. The van der Waals surface area contributed by atoms with Crippen LogP contribution in [0.25, 0.3) is 0 Å².